The van der Waals surface area contributed by atoms with Crippen LogP contribution < -0.4 is 4.74 Å². The number of fused-ring (bicyclic) bond motifs is 5. The Hall–Kier alpha value is -3.78. The number of aryl methyl sites for hydroxylation is 3. The standard InChI is InChI=1S/C24H19N5O2S/c1-13-4-6-16(7-5-13)30-11-17-8-9-18(31-17)22-27-23-21-20(25-12-29(23)28-22)19-14(2)10-15(3)26-24(19)32-21/h4-10,12H,11H2,1-3H3. The van der Waals surface area contributed by atoms with Crippen LogP contribution in [-0.4, -0.2) is 24.6 Å². The summed E-state index contributed by atoms with van der Waals surface area (Å²) >= 11 is 1.59. The first-order valence-corrected chi connectivity index (χ1v) is 11.1. The van der Waals surface area contributed by atoms with Gasteiger partial charge in [-0.1, -0.05) is 17.7 Å². The van der Waals surface area contributed by atoms with E-state index in [4.69, 9.17) is 14.1 Å². The second-order valence-corrected chi connectivity index (χ2v) is 8.86. The van der Waals surface area contributed by atoms with Crippen LogP contribution in [-0.2, 0) is 6.61 Å². The molecular formula is C24H19N5O2S. The van der Waals surface area contributed by atoms with Gasteiger partial charge in [0, 0.05) is 11.1 Å². The van der Waals surface area contributed by atoms with Crippen LogP contribution in [0.4, 0.5) is 0 Å². The molecule has 32 heavy (non-hydrogen) atoms. The Labute approximate surface area is 187 Å². The van der Waals surface area contributed by atoms with Gasteiger partial charge in [0.25, 0.3) is 0 Å². The zero-order valence-electron chi connectivity index (χ0n) is 17.8. The zero-order chi connectivity index (χ0) is 21.8. The Balaban J connectivity index is 1.35. The molecule has 0 N–H and O–H groups in total. The lowest BCUT2D eigenvalue weighted by atomic mass is 10.1. The number of nitrogens with zero attached hydrogens (tertiary/aromatic N) is 5. The van der Waals surface area contributed by atoms with Crippen molar-refractivity contribution in [2.75, 3.05) is 0 Å². The van der Waals surface area contributed by atoms with Gasteiger partial charge in [-0.2, -0.15) is 0 Å². The number of ether oxygens (including phenoxy) is 1. The number of thiophene rings is 1. The summed E-state index contributed by atoms with van der Waals surface area (Å²) in [5.41, 5.74) is 5.01. The second kappa shape index (κ2) is 7.13. The van der Waals surface area contributed by atoms with Crippen molar-refractivity contribution in [3.63, 3.8) is 0 Å². The monoisotopic (exact) mass is 441 g/mol. The molecule has 158 valence electrons. The maximum absolute atomic E-state index is 5.96. The van der Waals surface area contributed by atoms with Crippen LogP contribution in [0.3, 0.4) is 0 Å². The number of hydrogen-bond acceptors (Lipinski definition) is 7. The largest absolute Gasteiger partial charge is 0.486 e. The normalized spacial score (nSPS) is 11.7. The highest BCUT2D eigenvalue weighted by atomic mass is 32.1. The molecule has 0 aliphatic carbocycles. The van der Waals surface area contributed by atoms with Crippen LogP contribution in [0, 0.1) is 20.8 Å². The van der Waals surface area contributed by atoms with E-state index in [9.17, 15) is 0 Å². The van der Waals surface area contributed by atoms with Gasteiger partial charge in [0.15, 0.2) is 11.4 Å². The Morgan fingerprint density at radius 2 is 1.88 bits per heavy atom. The molecule has 5 heterocycles. The van der Waals surface area contributed by atoms with Gasteiger partial charge in [0.2, 0.25) is 5.82 Å². The zero-order valence-corrected chi connectivity index (χ0v) is 18.6. The van der Waals surface area contributed by atoms with Crippen molar-refractivity contribution in [1.29, 1.82) is 0 Å². The van der Waals surface area contributed by atoms with Gasteiger partial charge in [0.05, 0.1) is 5.52 Å². The van der Waals surface area contributed by atoms with Gasteiger partial charge < -0.3 is 9.15 Å². The molecule has 6 rings (SSSR count). The smallest absolute Gasteiger partial charge is 0.218 e. The summed E-state index contributed by atoms with van der Waals surface area (Å²) in [6.07, 6.45) is 1.70. The third-order valence-electron chi connectivity index (χ3n) is 5.38. The average molecular weight is 442 g/mol. The molecule has 0 saturated heterocycles. The fraction of sp³-hybridized carbons (Fsp3) is 0.167. The van der Waals surface area contributed by atoms with Gasteiger partial charge in [-0.3, -0.25) is 0 Å². The Bertz CT molecular complexity index is 1610. The molecule has 0 bridgehead atoms. The highest BCUT2D eigenvalue weighted by molar-refractivity contribution is 7.26. The molecule has 8 heteroatoms. The van der Waals surface area contributed by atoms with Crippen LogP contribution >= 0.6 is 11.3 Å². The van der Waals surface area contributed by atoms with E-state index < -0.39 is 0 Å². The van der Waals surface area contributed by atoms with E-state index in [0.717, 1.165) is 37.5 Å². The number of pyridine rings is 1. The Kier molecular flexibility index (Phi) is 4.22. The van der Waals surface area contributed by atoms with Gasteiger partial charge in [-0.25, -0.2) is 19.5 Å². The maximum atomic E-state index is 5.96. The number of hydrogen-bond donors (Lipinski definition) is 0. The van der Waals surface area contributed by atoms with Crippen molar-refractivity contribution in [1.82, 2.24) is 24.6 Å². The molecule has 0 unspecified atom stereocenters. The van der Waals surface area contributed by atoms with Gasteiger partial charge >= 0.3 is 0 Å². The Morgan fingerprint density at radius 3 is 2.72 bits per heavy atom. The lowest BCUT2D eigenvalue weighted by Crippen LogP contribution is -1.93. The predicted octanol–water partition coefficient (Wildman–Crippen LogP) is 5.65. The van der Waals surface area contributed by atoms with Crippen molar-refractivity contribution >= 4 is 37.4 Å². The van der Waals surface area contributed by atoms with E-state index in [2.05, 4.69) is 28.1 Å². The summed E-state index contributed by atoms with van der Waals surface area (Å²) in [5.74, 6) is 2.62. The number of rotatable bonds is 4. The van der Waals surface area contributed by atoms with Crippen molar-refractivity contribution in [3.05, 3.63) is 71.4 Å². The maximum Gasteiger partial charge on any atom is 0.218 e. The minimum Gasteiger partial charge on any atom is -0.486 e. The number of aromatic nitrogens is 5. The highest BCUT2D eigenvalue weighted by Gasteiger charge is 2.18. The number of furan rings is 1. The fourth-order valence-corrected chi connectivity index (χ4v) is 5.06. The molecule has 5 aromatic heterocycles. The van der Waals surface area contributed by atoms with E-state index in [-0.39, 0.29) is 0 Å². The minimum atomic E-state index is 0.336. The van der Waals surface area contributed by atoms with Crippen LogP contribution in [0.1, 0.15) is 22.6 Å². The van der Waals surface area contributed by atoms with Crippen molar-refractivity contribution in [2.24, 2.45) is 0 Å². The van der Waals surface area contributed by atoms with Crippen molar-refractivity contribution in [3.8, 4) is 17.3 Å². The first kappa shape index (κ1) is 18.9. The molecule has 1 aromatic carbocycles. The lowest BCUT2D eigenvalue weighted by molar-refractivity contribution is 0.271. The van der Waals surface area contributed by atoms with Crippen molar-refractivity contribution < 1.29 is 9.15 Å². The molecule has 0 aliphatic heterocycles. The summed E-state index contributed by atoms with van der Waals surface area (Å²) in [4.78, 5) is 15.1. The van der Waals surface area contributed by atoms with Crippen molar-refractivity contribution in [2.45, 2.75) is 27.4 Å². The van der Waals surface area contributed by atoms with E-state index in [1.165, 1.54) is 11.1 Å². The molecule has 0 aliphatic rings. The van der Waals surface area contributed by atoms with Gasteiger partial charge in [-0.15, -0.1) is 16.4 Å². The minimum absolute atomic E-state index is 0.336. The molecule has 0 fully saturated rings. The molecule has 0 radical (unpaired) electrons. The topological polar surface area (TPSA) is 78.3 Å². The number of benzene rings is 1. The molecule has 0 amide bonds. The van der Waals surface area contributed by atoms with Gasteiger partial charge in [-0.05, 0) is 56.7 Å². The molecule has 7 nitrogen and oxygen atoms in total. The lowest BCUT2D eigenvalue weighted by Gasteiger charge is -2.04. The molecule has 0 atom stereocenters. The third kappa shape index (κ3) is 3.11. The van der Waals surface area contributed by atoms with Crippen LogP contribution in [0.2, 0.25) is 0 Å². The first-order valence-electron chi connectivity index (χ1n) is 10.3. The van der Waals surface area contributed by atoms with E-state index >= 15 is 0 Å². The summed E-state index contributed by atoms with van der Waals surface area (Å²) in [6.45, 7) is 6.48. The first-order chi connectivity index (χ1) is 15.5. The quantitative estimate of drug-likeness (QED) is 0.352. The van der Waals surface area contributed by atoms with Crippen LogP contribution in [0.5, 0.6) is 5.75 Å². The second-order valence-electron chi connectivity index (χ2n) is 7.86. The van der Waals surface area contributed by atoms with E-state index in [1.54, 1.807) is 22.2 Å². The third-order valence-corrected chi connectivity index (χ3v) is 6.45. The molecule has 0 saturated carbocycles. The van der Waals surface area contributed by atoms with Crippen LogP contribution in [0.15, 0.2) is 53.2 Å². The van der Waals surface area contributed by atoms with E-state index in [0.29, 0.717) is 24.0 Å². The summed E-state index contributed by atoms with van der Waals surface area (Å²) in [7, 11) is 0. The molecular weight excluding hydrogens is 422 g/mol. The average Bonchev–Trinajstić information content (AvgIpc) is 3.48. The fourth-order valence-electron chi connectivity index (χ4n) is 3.84. The Morgan fingerprint density at radius 1 is 1.03 bits per heavy atom. The van der Waals surface area contributed by atoms with Gasteiger partial charge in [0.1, 0.15) is 34.0 Å². The summed E-state index contributed by atoms with van der Waals surface area (Å²) < 4.78 is 14.4. The van der Waals surface area contributed by atoms with Crippen LogP contribution in [0.25, 0.3) is 37.7 Å². The summed E-state index contributed by atoms with van der Waals surface area (Å²) in [5, 5.41) is 5.66. The molecule has 0 spiro atoms. The summed E-state index contributed by atoms with van der Waals surface area (Å²) in [6, 6.07) is 13.8. The van der Waals surface area contributed by atoms with E-state index in [1.807, 2.05) is 50.2 Å². The molecule has 6 aromatic rings. The predicted molar refractivity (Wildman–Crippen MR) is 124 cm³/mol. The highest BCUT2D eigenvalue weighted by Crippen LogP contribution is 2.36. The SMILES string of the molecule is Cc1ccc(OCc2ccc(-c3nc4c5sc6nc(C)cc(C)c6c5ncn4n3)o2)cc1.